The molecule has 0 bridgehead atoms. The third kappa shape index (κ3) is 5.64. The molecular weight excluding hydrogens is 466 g/mol. The number of nitro benzene ring substituents is 1. The first-order valence-corrected chi connectivity index (χ1v) is 10.9. The summed E-state index contributed by atoms with van der Waals surface area (Å²) in [6.45, 7) is 0.360. The Morgan fingerprint density at radius 2 is 1.83 bits per heavy atom. The van der Waals surface area contributed by atoms with E-state index in [1.165, 1.54) is 18.2 Å². The van der Waals surface area contributed by atoms with Gasteiger partial charge in [-0.05, 0) is 46.2 Å². The minimum atomic E-state index is -0.690. The molecule has 35 heavy (non-hydrogen) atoms. The Bertz CT molecular complexity index is 1500. The Labute approximate surface area is 206 Å². The summed E-state index contributed by atoms with van der Waals surface area (Å²) < 4.78 is 5.97. The van der Waals surface area contributed by atoms with Crippen molar-refractivity contribution < 1.29 is 14.5 Å². The molecule has 4 aromatic rings. The number of non-ortho nitro benzene ring substituents is 1. The van der Waals surface area contributed by atoms with Crippen LogP contribution in [0.5, 0.6) is 5.75 Å². The summed E-state index contributed by atoms with van der Waals surface area (Å²) in [5.74, 6) is -0.104. The van der Waals surface area contributed by atoms with Crippen LogP contribution in [0.3, 0.4) is 0 Å². The summed E-state index contributed by atoms with van der Waals surface area (Å²) in [5, 5.41) is 25.1. The van der Waals surface area contributed by atoms with Gasteiger partial charge in [-0.15, -0.1) is 0 Å². The molecule has 0 atom stereocenters. The number of benzene rings is 4. The number of anilines is 1. The van der Waals surface area contributed by atoms with Gasteiger partial charge in [-0.1, -0.05) is 66.2 Å². The molecular formula is C27H18ClN3O4. The second kappa shape index (κ2) is 10.5. The zero-order valence-corrected chi connectivity index (χ0v) is 19.0. The van der Waals surface area contributed by atoms with Gasteiger partial charge >= 0.3 is 0 Å². The predicted molar refractivity (Wildman–Crippen MR) is 135 cm³/mol. The second-order valence-corrected chi connectivity index (χ2v) is 7.95. The summed E-state index contributed by atoms with van der Waals surface area (Å²) in [6, 6.07) is 26.7. The lowest BCUT2D eigenvalue weighted by molar-refractivity contribution is -0.384. The van der Waals surface area contributed by atoms with Gasteiger partial charge in [-0.3, -0.25) is 14.9 Å². The van der Waals surface area contributed by atoms with Crippen LogP contribution in [-0.4, -0.2) is 10.8 Å². The first-order valence-electron chi connectivity index (χ1n) is 10.5. The minimum Gasteiger partial charge on any atom is -0.489 e. The number of ether oxygens (including phenoxy) is 1. The van der Waals surface area contributed by atoms with Gasteiger partial charge in [0, 0.05) is 12.1 Å². The van der Waals surface area contributed by atoms with E-state index in [4.69, 9.17) is 16.3 Å². The van der Waals surface area contributed by atoms with Crippen LogP contribution < -0.4 is 10.1 Å². The summed E-state index contributed by atoms with van der Waals surface area (Å²) in [5.41, 5.74) is 1.44. The Hall–Kier alpha value is -4.67. The van der Waals surface area contributed by atoms with Crippen LogP contribution in [0, 0.1) is 21.4 Å². The van der Waals surface area contributed by atoms with Gasteiger partial charge in [0.05, 0.1) is 15.6 Å². The van der Waals surface area contributed by atoms with E-state index in [0.717, 1.165) is 22.4 Å². The minimum absolute atomic E-state index is 0.00586. The van der Waals surface area contributed by atoms with Gasteiger partial charge < -0.3 is 10.1 Å². The molecule has 0 radical (unpaired) electrons. The molecule has 1 N–H and O–H groups in total. The fraction of sp³-hybridized carbons (Fsp3) is 0.0370. The van der Waals surface area contributed by atoms with Gasteiger partial charge in [0.2, 0.25) is 0 Å². The molecule has 0 saturated heterocycles. The zero-order chi connectivity index (χ0) is 24.8. The molecule has 172 valence electrons. The fourth-order valence-corrected chi connectivity index (χ4v) is 3.72. The number of amides is 1. The van der Waals surface area contributed by atoms with Crippen molar-refractivity contribution in [2.24, 2.45) is 0 Å². The zero-order valence-electron chi connectivity index (χ0n) is 18.3. The molecule has 0 saturated carbocycles. The van der Waals surface area contributed by atoms with Gasteiger partial charge in [-0.25, -0.2) is 0 Å². The molecule has 8 heteroatoms. The molecule has 1 amide bonds. The Balaban J connectivity index is 1.49. The lowest BCUT2D eigenvalue weighted by Crippen LogP contribution is -2.13. The number of halogens is 1. The van der Waals surface area contributed by atoms with Crippen LogP contribution in [0.4, 0.5) is 11.4 Å². The number of rotatable bonds is 7. The van der Waals surface area contributed by atoms with Gasteiger partial charge in [0.1, 0.15) is 24.0 Å². The summed E-state index contributed by atoms with van der Waals surface area (Å²) in [7, 11) is 0. The standard InChI is InChI=1S/C27H18ClN3O4/c28-25-15-22(31(33)34)11-12-26(25)30-27(32)21(16-29)13-18-5-3-9-23(14-18)35-17-20-8-4-7-19-6-1-2-10-24(19)20/h1-15H,17H2,(H,30,32)/b21-13+. The maximum Gasteiger partial charge on any atom is 0.271 e. The number of fused-ring (bicyclic) bond motifs is 1. The number of hydrogen-bond acceptors (Lipinski definition) is 5. The first kappa shape index (κ1) is 23.5. The van der Waals surface area contributed by atoms with Crippen LogP contribution in [0.15, 0.2) is 90.5 Å². The van der Waals surface area contributed by atoms with Crippen molar-refractivity contribution >= 4 is 45.7 Å². The van der Waals surface area contributed by atoms with E-state index in [1.54, 1.807) is 24.3 Å². The van der Waals surface area contributed by atoms with Crippen molar-refractivity contribution in [2.75, 3.05) is 5.32 Å². The maximum absolute atomic E-state index is 12.6. The summed E-state index contributed by atoms with van der Waals surface area (Å²) in [4.78, 5) is 22.9. The smallest absolute Gasteiger partial charge is 0.271 e. The highest BCUT2D eigenvalue weighted by molar-refractivity contribution is 6.34. The Kier molecular flexibility index (Phi) is 7.05. The molecule has 0 unspecified atom stereocenters. The summed E-state index contributed by atoms with van der Waals surface area (Å²) >= 11 is 6.03. The molecule has 0 aromatic heterocycles. The van der Waals surface area contributed by atoms with E-state index in [-0.39, 0.29) is 22.0 Å². The van der Waals surface area contributed by atoms with E-state index in [1.807, 2.05) is 48.5 Å². The molecule has 0 fully saturated rings. The molecule has 0 aliphatic heterocycles. The third-order valence-corrected chi connectivity index (χ3v) is 5.53. The van der Waals surface area contributed by atoms with Crippen molar-refractivity contribution in [3.05, 3.63) is 117 Å². The van der Waals surface area contributed by atoms with Crippen LogP contribution in [-0.2, 0) is 11.4 Å². The van der Waals surface area contributed by atoms with Crippen LogP contribution >= 0.6 is 11.6 Å². The summed E-state index contributed by atoms with van der Waals surface area (Å²) in [6.07, 6.45) is 1.43. The van der Waals surface area contributed by atoms with E-state index in [0.29, 0.717) is 17.9 Å². The van der Waals surface area contributed by atoms with E-state index >= 15 is 0 Å². The number of nitro groups is 1. The Morgan fingerprint density at radius 1 is 1.06 bits per heavy atom. The number of hydrogen-bond donors (Lipinski definition) is 1. The monoisotopic (exact) mass is 483 g/mol. The second-order valence-electron chi connectivity index (χ2n) is 7.54. The van der Waals surface area contributed by atoms with E-state index in [2.05, 4.69) is 5.32 Å². The molecule has 0 heterocycles. The van der Waals surface area contributed by atoms with Gasteiger partial charge in [-0.2, -0.15) is 5.26 Å². The van der Waals surface area contributed by atoms with Crippen molar-refractivity contribution in [1.82, 2.24) is 0 Å². The topological polar surface area (TPSA) is 105 Å². The SMILES string of the molecule is N#C/C(=C\c1cccc(OCc2cccc3ccccc23)c1)C(=O)Nc1ccc([N+](=O)[O-])cc1Cl. The highest BCUT2D eigenvalue weighted by atomic mass is 35.5. The number of carbonyl (C=O) groups excluding carboxylic acids is 1. The largest absolute Gasteiger partial charge is 0.489 e. The molecule has 7 nitrogen and oxygen atoms in total. The fourth-order valence-electron chi connectivity index (χ4n) is 3.50. The Morgan fingerprint density at radius 3 is 2.60 bits per heavy atom. The first-order chi connectivity index (χ1) is 16.9. The number of nitriles is 1. The van der Waals surface area contributed by atoms with E-state index in [9.17, 15) is 20.2 Å². The highest BCUT2D eigenvalue weighted by Gasteiger charge is 2.14. The number of nitrogens with zero attached hydrogens (tertiary/aromatic N) is 2. The predicted octanol–water partition coefficient (Wildman–Crippen LogP) is 6.53. The average Bonchev–Trinajstić information content (AvgIpc) is 2.87. The van der Waals surface area contributed by atoms with Crippen molar-refractivity contribution in [2.45, 2.75) is 6.61 Å². The lowest BCUT2D eigenvalue weighted by Gasteiger charge is -2.10. The van der Waals surface area contributed by atoms with Crippen LogP contribution in [0.25, 0.3) is 16.8 Å². The van der Waals surface area contributed by atoms with Crippen molar-refractivity contribution in [1.29, 1.82) is 5.26 Å². The number of carbonyl (C=O) groups is 1. The van der Waals surface area contributed by atoms with Crippen LogP contribution in [0.1, 0.15) is 11.1 Å². The van der Waals surface area contributed by atoms with Gasteiger partial charge in [0.15, 0.2) is 0 Å². The highest BCUT2D eigenvalue weighted by Crippen LogP contribution is 2.27. The molecule has 4 rings (SSSR count). The lowest BCUT2D eigenvalue weighted by atomic mass is 10.1. The van der Waals surface area contributed by atoms with Crippen molar-refractivity contribution in [3.8, 4) is 11.8 Å². The quantitative estimate of drug-likeness (QED) is 0.139. The van der Waals surface area contributed by atoms with Crippen molar-refractivity contribution in [3.63, 3.8) is 0 Å². The molecule has 0 aliphatic rings. The molecule has 0 spiro atoms. The molecule has 0 aliphatic carbocycles. The van der Waals surface area contributed by atoms with E-state index < -0.39 is 10.8 Å². The average molecular weight is 484 g/mol. The van der Waals surface area contributed by atoms with Crippen LogP contribution in [0.2, 0.25) is 5.02 Å². The normalized spacial score (nSPS) is 11.0. The maximum atomic E-state index is 12.6. The van der Waals surface area contributed by atoms with Gasteiger partial charge in [0.25, 0.3) is 11.6 Å². The number of nitrogens with one attached hydrogen (secondary N) is 1. The third-order valence-electron chi connectivity index (χ3n) is 5.22. The molecule has 4 aromatic carbocycles.